The average Bonchev–Trinajstić information content (AvgIpc) is 3.26. The van der Waals surface area contributed by atoms with E-state index in [1.54, 1.807) is 7.11 Å². The Morgan fingerprint density at radius 1 is 1.38 bits per heavy atom. The fraction of sp³-hybridized carbons (Fsp3) is 0.471. The molecule has 0 bridgehead atoms. The Kier molecular flexibility index (Phi) is 3.97. The van der Waals surface area contributed by atoms with Crippen LogP contribution in [0.5, 0.6) is 0 Å². The number of rotatable bonds is 6. The van der Waals surface area contributed by atoms with Crippen LogP contribution in [0.15, 0.2) is 28.7 Å². The van der Waals surface area contributed by atoms with Gasteiger partial charge < -0.3 is 14.5 Å². The Bertz CT molecular complexity index is 598. The topological polar surface area (TPSA) is 47.3 Å². The maximum absolute atomic E-state index is 5.70. The molecule has 1 aliphatic carbocycles. The molecule has 112 valence electrons. The summed E-state index contributed by atoms with van der Waals surface area (Å²) in [6.07, 6.45) is 2.58. The summed E-state index contributed by atoms with van der Waals surface area (Å²) in [4.78, 5) is 4.47. The standard InChI is InChI=1S/C17H22N2O2/c1-11-12(2)21-17(18-11)14-5-4-6-15(9-14)19-16(10-20-3)13-7-8-13/h4-6,9,13,16,19H,7-8,10H2,1-3H3. The second kappa shape index (κ2) is 5.90. The Morgan fingerprint density at radius 3 is 2.81 bits per heavy atom. The summed E-state index contributed by atoms with van der Waals surface area (Å²) >= 11 is 0. The van der Waals surface area contributed by atoms with Crippen molar-refractivity contribution in [3.63, 3.8) is 0 Å². The monoisotopic (exact) mass is 286 g/mol. The fourth-order valence-electron chi connectivity index (χ4n) is 2.53. The van der Waals surface area contributed by atoms with E-state index < -0.39 is 0 Å². The summed E-state index contributed by atoms with van der Waals surface area (Å²) in [6.45, 7) is 4.65. The number of nitrogens with zero attached hydrogens (tertiary/aromatic N) is 1. The Balaban J connectivity index is 1.79. The van der Waals surface area contributed by atoms with E-state index in [0.29, 0.717) is 11.9 Å². The Morgan fingerprint density at radius 2 is 2.19 bits per heavy atom. The van der Waals surface area contributed by atoms with Crippen molar-refractivity contribution in [2.24, 2.45) is 5.92 Å². The Labute approximate surface area is 125 Å². The van der Waals surface area contributed by atoms with Gasteiger partial charge in [0.05, 0.1) is 18.3 Å². The number of hydrogen-bond acceptors (Lipinski definition) is 4. The average molecular weight is 286 g/mol. The molecular formula is C17H22N2O2. The highest BCUT2D eigenvalue weighted by molar-refractivity contribution is 5.62. The zero-order valence-electron chi connectivity index (χ0n) is 12.8. The third-order valence-corrected chi connectivity index (χ3v) is 4.03. The molecule has 2 aromatic rings. The number of aryl methyl sites for hydroxylation is 2. The number of methoxy groups -OCH3 is 1. The van der Waals surface area contributed by atoms with Crippen LogP contribution in [0.3, 0.4) is 0 Å². The van der Waals surface area contributed by atoms with E-state index in [-0.39, 0.29) is 0 Å². The van der Waals surface area contributed by atoms with Crippen LogP contribution in [-0.4, -0.2) is 24.7 Å². The van der Waals surface area contributed by atoms with Gasteiger partial charge in [0.2, 0.25) is 5.89 Å². The van der Waals surface area contributed by atoms with Crippen LogP contribution in [0.1, 0.15) is 24.3 Å². The van der Waals surface area contributed by atoms with Crippen molar-refractivity contribution >= 4 is 5.69 Å². The molecule has 4 heteroatoms. The summed E-state index contributed by atoms with van der Waals surface area (Å²) in [5.41, 5.74) is 3.04. The molecular weight excluding hydrogens is 264 g/mol. The van der Waals surface area contributed by atoms with Crippen molar-refractivity contribution in [1.29, 1.82) is 0 Å². The summed E-state index contributed by atoms with van der Waals surface area (Å²) < 4.78 is 11.0. The molecule has 21 heavy (non-hydrogen) atoms. The van der Waals surface area contributed by atoms with Crippen LogP contribution in [0.2, 0.25) is 0 Å². The van der Waals surface area contributed by atoms with Gasteiger partial charge in [-0.05, 0) is 50.8 Å². The third-order valence-electron chi connectivity index (χ3n) is 4.03. The molecule has 0 aliphatic heterocycles. The van der Waals surface area contributed by atoms with Crippen molar-refractivity contribution in [1.82, 2.24) is 4.98 Å². The molecule has 1 heterocycles. The molecule has 4 nitrogen and oxygen atoms in total. The number of oxazole rings is 1. The van der Waals surface area contributed by atoms with E-state index in [9.17, 15) is 0 Å². The lowest BCUT2D eigenvalue weighted by molar-refractivity contribution is 0.179. The molecule has 1 N–H and O–H groups in total. The number of hydrogen-bond donors (Lipinski definition) is 1. The predicted molar refractivity (Wildman–Crippen MR) is 83.4 cm³/mol. The SMILES string of the molecule is COCC(Nc1cccc(-c2nc(C)c(C)o2)c1)C1CC1. The summed E-state index contributed by atoms with van der Waals surface area (Å²) in [5, 5.41) is 3.58. The first kappa shape index (κ1) is 14.1. The minimum absolute atomic E-state index is 0.387. The highest BCUT2D eigenvalue weighted by Crippen LogP contribution is 2.35. The van der Waals surface area contributed by atoms with Crippen LogP contribution >= 0.6 is 0 Å². The summed E-state index contributed by atoms with van der Waals surface area (Å²) in [7, 11) is 1.76. The van der Waals surface area contributed by atoms with Gasteiger partial charge in [-0.2, -0.15) is 0 Å². The second-order valence-electron chi connectivity index (χ2n) is 5.79. The van der Waals surface area contributed by atoms with Gasteiger partial charge in [0, 0.05) is 18.4 Å². The number of ether oxygens (including phenoxy) is 1. The van der Waals surface area contributed by atoms with Crippen LogP contribution in [0.25, 0.3) is 11.5 Å². The molecule has 0 radical (unpaired) electrons. The van der Waals surface area contributed by atoms with Gasteiger partial charge in [-0.3, -0.25) is 0 Å². The first-order chi connectivity index (χ1) is 10.2. The van der Waals surface area contributed by atoms with Crippen molar-refractivity contribution in [3.05, 3.63) is 35.7 Å². The van der Waals surface area contributed by atoms with Gasteiger partial charge in [0.1, 0.15) is 5.76 Å². The van der Waals surface area contributed by atoms with Crippen molar-refractivity contribution < 1.29 is 9.15 Å². The molecule has 1 aliphatic rings. The molecule has 0 amide bonds. The minimum Gasteiger partial charge on any atom is -0.441 e. The van der Waals surface area contributed by atoms with Crippen molar-refractivity contribution in [2.45, 2.75) is 32.7 Å². The fourth-order valence-corrected chi connectivity index (χ4v) is 2.53. The molecule has 0 saturated heterocycles. The van der Waals surface area contributed by atoms with E-state index in [2.05, 4.69) is 22.4 Å². The molecule has 1 aromatic carbocycles. The van der Waals surface area contributed by atoms with Crippen LogP contribution in [0, 0.1) is 19.8 Å². The lowest BCUT2D eigenvalue weighted by Crippen LogP contribution is -2.27. The minimum atomic E-state index is 0.387. The maximum Gasteiger partial charge on any atom is 0.226 e. The number of aromatic nitrogens is 1. The number of nitrogens with one attached hydrogen (secondary N) is 1. The third kappa shape index (κ3) is 3.27. The maximum atomic E-state index is 5.70. The molecule has 3 rings (SSSR count). The molecule has 0 spiro atoms. The van der Waals surface area contributed by atoms with Crippen LogP contribution in [-0.2, 0) is 4.74 Å². The lowest BCUT2D eigenvalue weighted by Gasteiger charge is -2.18. The molecule has 1 atom stereocenters. The lowest BCUT2D eigenvalue weighted by atomic mass is 10.1. The zero-order valence-corrected chi connectivity index (χ0v) is 12.8. The molecule has 1 fully saturated rings. The first-order valence-corrected chi connectivity index (χ1v) is 7.47. The normalized spacial score (nSPS) is 16.0. The van der Waals surface area contributed by atoms with Gasteiger partial charge in [-0.1, -0.05) is 6.07 Å². The van der Waals surface area contributed by atoms with Gasteiger partial charge in [0.15, 0.2) is 0 Å². The van der Waals surface area contributed by atoms with Gasteiger partial charge in [-0.25, -0.2) is 4.98 Å². The smallest absolute Gasteiger partial charge is 0.226 e. The van der Waals surface area contributed by atoms with E-state index >= 15 is 0 Å². The molecule has 1 saturated carbocycles. The highest BCUT2D eigenvalue weighted by Gasteiger charge is 2.31. The largest absolute Gasteiger partial charge is 0.441 e. The van der Waals surface area contributed by atoms with Gasteiger partial charge >= 0.3 is 0 Å². The highest BCUT2D eigenvalue weighted by atomic mass is 16.5. The quantitative estimate of drug-likeness (QED) is 0.877. The van der Waals surface area contributed by atoms with Crippen molar-refractivity contribution in [3.8, 4) is 11.5 Å². The van der Waals surface area contributed by atoms with E-state index in [0.717, 1.165) is 35.2 Å². The first-order valence-electron chi connectivity index (χ1n) is 7.47. The number of benzene rings is 1. The molecule has 1 unspecified atom stereocenters. The Hall–Kier alpha value is -1.81. The summed E-state index contributed by atoms with van der Waals surface area (Å²) in [6, 6.07) is 8.62. The van der Waals surface area contributed by atoms with Gasteiger partial charge in [-0.15, -0.1) is 0 Å². The number of anilines is 1. The second-order valence-corrected chi connectivity index (χ2v) is 5.79. The van der Waals surface area contributed by atoms with Gasteiger partial charge in [0.25, 0.3) is 0 Å². The van der Waals surface area contributed by atoms with E-state index in [4.69, 9.17) is 9.15 Å². The van der Waals surface area contributed by atoms with Crippen LogP contribution in [0.4, 0.5) is 5.69 Å². The molecule has 1 aromatic heterocycles. The predicted octanol–water partition coefficient (Wildman–Crippen LogP) is 3.80. The van der Waals surface area contributed by atoms with Crippen molar-refractivity contribution in [2.75, 3.05) is 19.0 Å². The van der Waals surface area contributed by atoms with E-state index in [1.807, 2.05) is 26.0 Å². The van der Waals surface area contributed by atoms with E-state index in [1.165, 1.54) is 12.8 Å². The zero-order chi connectivity index (χ0) is 14.8. The summed E-state index contributed by atoms with van der Waals surface area (Å²) in [5.74, 6) is 2.29. The van der Waals surface area contributed by atoms with Crippen LogP contribution < -0.4 is 5.32 Å².